The summed E-state index contributed by atoms with van der Waals surface area (Å²) in [5, 5.41) is 4.06. The standard InChI is InChI=1S/C17H22F3N3O/c1-3-16(18)9-7-11(8-10-16)14(24)15-21-13-6-5-12(23(13)22-15)17(19,20)4-2/h7,12H,3-6,8-10H2,1-2H3. The van der Waals surface area contributed by atoms with Crippen LogP contribution in [0.4, 0.5) is 13.2 Å². The van der Waals surface area contributed by atoms with Gasteiger partial charge in [-0.2, -0.15) is 0 Å². The Kier molecular flexibility index (Phi) is 4.30. The van der Waals surface area contributed by atoms with Crippen LogP contribution in [-0.4, -0.2) is 32.1 Å². The largest absolute Gasteiger partial charge is 0.285 e. The molecule has 4 nitrogen and oxygen atoms in total. The fraction of sp³-hybridized carbons (Fsp3) is 0.706. The molecule has 0 N–H and O–H groups in total. The van der Waals surface area contributed by atoms with Gasteiger partial charge in [0.2, 0.25) is 11.6 Å². The maximum atomic E-state index is 14.2. The van der Waals surface area contributed by atoms with Crippen LogP contribution in [0.15, 0.2) is 11.6 Å². The lowest BCUT2D eigenvalue weighted by atomic mass is 9.84. The second kappa shape index (κ2) is 6.01. The van der Waals surface area contributed by atoms with Crippen molar-refractivity contribution >= 4 is 5.78 Å². The Labute approximate surface area is 139 Å². The summed E-state index contributed by atoms with van der Waals surface area (Å²) in [6, 6.07) is -1.04. The van der Waals surface area contributed by atoms with Crippen molar-refractivity contribution in [3.8, 4) is 0 Å². The molecule has 132 valence electrons. The van der Waals surface area contributed by atoms with Crippen LogP contribution in [0, 0.1) is 0 Å². The van der Waals surface area contributed by atoms with Gasteiger partial charge in [-0.25, -0.2) is 22.8 Å². The van der Waals surface area contributed by atoms with Crippen molar-refractivity contribution in [1.29, 1.82) is 0 Å². The van der Waals surface area contributed by atoms with Crippen molar-refractivity contribution in [1.82, 2.24) is 14.8 Å². The summed E-state index contributed by atoms with van der Waals surface area (Å²) in [7, 11) is 0. The molecule has 1 aliphatic heterocycles. The highest BCUT2D eigenvalue weighted by Crippen LogP contribution is 2.40. The quantitative estimate of drug-likeness (QED) is 0.753. The third kappa shape index (κ3) is 2.89. The van der Waals surface area contributed by atoms with E-state index in [1.807, 2.05) is 0 Å². The first-order chi connectivity index (χ1) is 11.3. The molecule has 2 atom stereocenters. The number of aryl methyl sites for hydroxylation is 1. The summed E-state index contributed by atoms with van der Waals surface area (Å²) in [6.07, 6.45) is 3.26. The topological polar surface area (TPSA) is 47.8 Å². The molecule has 0 amide bonds. The van der Waals surface area contributed by atoms with Gasteiger partial charge in [0, 0.05) is 19.3 Å². The number of hydrogen-bond acceptors (Lipinski definition) is 3. The Bertz CT molecular complexity index is 683. The zero-order valence-electron chi connectivity index (χ0n) is 14.0. The predicted molar refractivity (Wildman–Crippen MR) is 83.0 cm³/mol. The van der Waals surface area contributed by atoms with Gasteiger partial charge in [0.1, 0.15) is 17.5 Å². The average molecular weight is 341 g/mol. The minimum atomic E-state index is -2.86. The summed E-state index contributed by atoms with van der Waals surface area (Å²) in [5.41, 5.74) is -0.763. The Hall–Kier alpha value is -1.66. The van der Waals surface area contributed by atoms with E-state index in [1.165, 1.54) is 11.6 Å². The molecule has 2 unspecified atom stereocenters. The number of rotatable bonds is 5. The molecule has 1 aromatic heterocycles. The van der Waals surface area contributed by atoms with Crippen LogP contribution >= 0.6 is 0 Å². The number of alkyl halides is 3. The second-order valence-corrected chi connectivity index (χ2v) is 6.73. The van der Waals surface area contributed by atoms with Gasteiger partial charge >= 0.3 is 0 Å². The van der Waals surface area contributed by atoms with E-state index in [9.17, 15) is 18.0 Å². The monoisotopic (exact) mass is 341 g/mol. The second-order valence-electron chi connectivity index (χ2n) is 6.73. The van der Waals surface area contributed by atoms with Gasteiger partial charge in [0.05, 0.1) is 0 Å². The molecular formula is C17H22F3N3O. The molecule has 1 aromatic rings. The Morgan fingerprint density at radius 3 is 2.75 bits per heavy atom. The number of ketones is 1. The number of carbonyl (C=O) groups is 1. The highest BCUT2D eigenvalue weighted by molar-refractivity contribution is 6.06. The lowest BCUT2D eigenvalue weighted by Gasteiger charge is -2.26. The fourth-order valence-electron chi connectivity index (χ4n) is 3.43. The molecule has 0 saturated carbocycles. The van der Waals surface area contributed by atoms with Crippen LogP contribution < -0.4 is 0 Å². The van der Waals surface area contributed by atoms with E-state index >= 15 is 0 Å². The summed E-state index contributed by atoms with van der Waals surface area (Å²) < 4.78 is 43.4. The number of carbonyl (C=O) groups excluding carboxylic acids is 1. The number of aromatic nitrogens is 3. The molecule has 0 spiro atoms. The van der Waals surface area contributed by atoms with Gasteiger partial charge in [-0.05, 0) is 31.3 Å². The molecule has 24 heavy (non-hydrogen) atoms. The van der Waals surface area contributed by atoms with Crippen molar-refractivity contribution in [2.75, 3.05) is 0 Å². The van der Waals surface area contributed by atoms with Crippen molar-refractivity contribution in [2.45, 2.75) is 76.4 Å². The van der Waals surface area contributed by atoms with E-state index in [0.717, 1.165) is 0 Å². The maximum absolute atomic E-state index is 14.2. The third-order valence-corrected chi connectivity index (χ3v) is 5.28. The molecule has 1 aliphatic carbocycles. The van der Waals surface area contributed by atoms with Crippen LogP contribution in [0.1, 0.15) is 74.9 Å². The van der Waals surface area contributed by atoms with Crippen molar-refractivity contribution in [3.05, 3.63) is 23.3 Å². The fourth-order valence-corrected chi connectivity index (χ4v) is 3.43. The minimum absolute atomic E-state index is 0.0456. The Morgan fingerprint density at radius 2 is 2.17 bits per heavy atom. The summed E-state index contributed by atoms with van der Waals surface area (Å²) in [5.74, 6) is -2.84. The number of fused-ring (bicyclic) bond motifs is 1. The molecule has 0 fully saturated rings. The zero-order valence-corrected chi connectivity index (χ0v) is 14.0. The van der Waals surface area contributed by atoms with E-state index in [-0.39, 0.29) is 30.9 Å². The average Bonchev–Trinajstić information content (AvgIpc) is 3.15. The molecule has 0 saturated heterocycles. The first kappa shape index (κ1) is 17.2. The number of hydrogen-bond donors (Lipinski definition) is 0. The zero-order chi connectivity index (χ0) is 17.5. The first-order valence-electron chi connectivity index (χ1n) is 8.55. The lowest BCUT2D eigenvalue weighted by molar-refractivity contribution is -0.0555. The van der Waals surface area contributed by atoms with Crippen LogP contribution in [-0.2, 0) is 6.42 Å². The van der Waals surface area contributed by atoms with Gasteiger partial charge < -0.3 is 0 Å². The number of Topliss-reactive ketones (excluding diaryl/α,β-unsaturated/α-hetero) is 1. The van der Waals surface area contributed by atoms with Gasteiger partial charge in [-0.1, -0.05) is 19.9 Å². The molecule has 0 bridgehead atoms. The van der Waals surface area contributed by atoms with E-state index in [2.05, 4.69) is 10.1 Å². The predicted octanol–water partition coefficient (Wildman–Crippen LogP) is 4.22. The van der Waals surface area contributed by atoms with Crippen LogP contribution in [0.25, 0.3) is 0 Å². The molecule has 2 heterocycles. The van der Waals surface area contributed by atoms with Gasteiger partial charge in [0.25, 0.3) is 5.92 Å². The molecule has 2 aliphatic rings. The molecule has 0 radical (unpaired) electrons. The third-order valence-electron chi connectivity index (χ3n) is 5.28. The number of allylic oxidation sites excluding steroid dienone is 2. The highest BCUT2D eigenvalue weighted by atomic mass is 19.3. The van der Waals surface area contributed by atoms with Gasteiger partial charge in [-0.3, -0.25) is 4.79 Å². The van der Waals surface area contributed by atoms with E-state index in [0.29, 0.717) is 37.1 Å². The highest BCUT2D eigenvalue weighted by Gasteiger charge is 2.44. The summed E-state index contributed by atoms with van der Waals surface area (Å²) >= 11 is 0. The van der Waals surface area contributed by atoms with Crippen molar-refractivity contribution in [2.24, 2.45) is 0 Å². The normalized spacial score (nSPS) is 27.0. The van der Waals surface area contributed by atoms with Gasteiger partial charge in [0.15, 0.2) is 0 Å². The molecule has 3 rings (SSSR count). The van der Waals surface area contributed by atoms with Crippen LogP contribution in [0.3, 0.4) is 0 Å². The van der Waals surface area contributed by atoms with E-state index < -0.39 is 17.6 Å². The lowest BCUT2D eigenvalue weighted by Crippen LogP contribution is -2.29. The molecule has 0 aromatic carbocycles. The summed E-state index contributed by atoms with van der Waals surface area (Å²) in [4.78, 5) is 16.7. The number of halogens is 3. The molecule has 7 heteroatoms. The van der Waals surface area contributed by atoms with E-state index in [4.69, 9.17) is 0 Å². The van der Waals surface area contributed by atoms with Crippen LogP contribution in [0.5, 0.6) is 0 Å². The van der Waals surface area contributed by atoms with Crippen molar-refractivity contribution < 1.29 is 18.0 Å². The van der Waals surface area contributed by atoms with Crippen molar-refractivity contribution in [3.63, 3.8) is 0 Å². The summed E-state index contributed by atoms with van der Waals surface area (Å²) in [6.45, 7) is 3.22. The minimum Gasteiger partial charge on any atom is -0.285 e. The molecular weight excluding hydrogens is 319 g/mol. The SMILES string of the molecule is CCC1(F)CC=C(C(=O)c2nc3n(n2)C(C(F)(F)CC)CC3)CC1. The van der Waals surface area contributed by atoms with E-state index in [1.54, 1.807) is 13.0 Å². The number of nitrogens with zero attached hydrogens (tertiary/aromatic N) is 3. The Morgan fingerprint density at radius 1 is 1.42 bits per heavy atom. The maximum Gasteiger partial charge on any atom is 0.269 e. The van der Waals surface area contributed by atoms with Gasteiger partial charge in [-0.15, -0.1) is 5.10 Å². The Balaban J connectivity index is 1.81. The first-order valence-corrected chi connectivity index (χ1v) is 8.55. The smallest absolute Gasteiger partial charge is 0.269 e. The van der Waals surface area contributed by atoms with Crippen LogP contribution in [0.2, 0.25) is 0 Å².